The lowest BCUT2D eigenvalue weighted by atomic mass is 9.80. The zero-order valence-corrected chi connectivity index (χ0v) is 13.2. The van der Waals surface area contributed by atoms with Crippen molar-refractivity contribution in [1.29, 1.82) is 0 Å². The van der Waals surface area contributed by atoms with Gasteiger partial charge in [-0.3, -0.25) is 0 Å². The minimum atomic E-state index is 0.520. The highest BCUT2D eigenvalue weighted by Gasteiger charge is 2.27. The molecule has 1 N–H and O–H groups in total. The molecule has 0 saturated carbocycles. The molecule has 1 fully saturated rings. The van der Waals surface area contributed by atoms with Crippen molar-refractivity contribution in [3.05, 3.63) is 35.9 Å². The molecule has 0 bridgehead atoms. The van der Waals surface area contributed by atoms with Gasteiger partial charge in [0.25, 0.3) is 0 Å². The maximum absolute atomic E-state index is 3.68. The van der Waals surface area contributed by atoms with Crippen molar-refractivity contribution in [3.63, 3.8) is 0 Å². The van der Waals surface area contributed by atoms with Gasteiger partial charge in [-0.25, -0.2) is 0 Å². The fraction of sp³-hybridized carbons (Fsp3) is 0.667. The molecule has 1 aliphatic heterocycles. The van der Waals surface area contributed by atoms with Gasteiger partial charge in [-0.2, -0.15) is 0 Å². The molecule has 0 aliphatic carbocycles. The molecule has 2 nitrogen and oxygen atoms in total. The lowest BCUT2D eigenvalue weighted by Gasteiger charge is -2.38. The summed E-state index contributed by atoms with van der Waals surface area (Å²) >= 11 is 0. The summed E-state index contributed by atoms with van der Waals surface area (Å²) in [7, 11) is 2.23. The summed E-state index contributed by atoms with van der Waals surface area (Å²) in [5.74, 6) is 0. The normalized spacial score (nSPS) is 19.1. The molecule has 0 amide bonds. The van der Waals surface area contributed by atoms with E-state index in [0.29, 0.717) is 5.41 Å². The second-order valence-corrected chi connectivity index (χ2v) is 6.73. The van der Waals surface area contributed by atoms with Crippen LogP contribution in [-0.4, -0.2) is 38.1 Å². The summed E-state index contributed by atoms with van der Waals surface area (Å²) in [6.45, 7) is 7.31. The predicted molar refractivity (Wildman–Crippen MR) is 87.1 cm³/mol. The zero-order chi connectivity index (χ0) is 14.3. The Kier molecular flexibility index (Phi) is 6.06. The number of piperidine rings is 1. The van der Waals surface area contributed by atoms with Gasteiger partial charge in [0, 0.05) is 6.54 Å². The maximum atomic E-state index is 3.68. The monoisotopic (exact) mass is 274 g/mol. The molecule has 2 rings (SSSR count). The Morgan fingerprint density at radius 2 is 1.80 bits per heavy atom. The van der Waals surface area contributed by atoms with Crippen LogP contribution in [0.3, 0.4) is 0 Å². The number of aryl methyl sites for hydroxylation is 1. The first-order valence-corrected chi connectivity index (χ1v) is 8.11. The number of hydrogen-bond acceptors (Lipinski definition) is 2. The van der Waals surface area contributed by atoms with Crippen LogP contribution >= 0.6 is 0 Å². The van der Waals surface area contributed by atoms with E-state index in [-0.39, 0.29) is 0 Å². The van der Waals surface area contributed by atoms with Crippen LogP contribution in [0, 0.1) is 5.41 Å². The Morgan fingerprint density at radius 1 is 1.10 bits per heavy atom. The van der Waals surface area contributed by atoms with E-state index in [9.17, 15) is 0 Å². The van der Waals surface area contributed by atoms with Crippen LogP contribution in [0.1, 0.15) is 38.2 Å². The van der Waals surface area contributed by atoms with Gasteiger partial charge in [-0.15, -0.1) is 0 Å². The van der Waals surface area contributed by atoms with Gasteiger partial charge in [0.2, 0.25) is 0 Å². The molecule has 0 atom stereocenters. The Labute approximate surface area is 124 Å². The van der Waals surface area contributed by atoms with E-state index in [1.54, 1.807) is 0 Å². The van der Waals surface area contributed by atoms with E-state index < -0.39 is 0 Å². The maximum Gasteiger partial charge on any atom is 0.000612 e. The molecule has 112 valence electrons. The topological polar surface area (TPSA) is 15.3 Å². The van der Waals surface area contributed by atoms with E-state index in [4.69, 9.17) is 0 Å². The fourth-order valence-electron chi connectivity index (χ4n) is 2.95. The average Bonchev–Trinajstić information content (AvgIpc) is 2.47. The first-order valence-electron chi connectivity index (χ1n) is 8.11. The Balaban J connectivity index is 1.53. The lowest BCUT2D eigenvalue weighted by Crippen LogP contribution is -2.42. The highest BCUT2D eigenvalue weighted by Crippen LogP contribution is 2.29. The van der Waals surface area contributed by atoms with Gasteiger partial charge in [0.1, 0.15) is 0 Å². The molecule has 0 unspecified atom stereocenters. The number of nitrogens with zero attached hydrogens (tertiary/aromatic N) is 1. The second kappa shape index (κ2) is 7.80. The van der Waals surface area contributed by atoms with E-state index in [2.05, 4.69) is 54.5 Å². The van der Waals surface area contributed by atoms with Gasteiger partial charge in [-0.1, -0.05) is 37.3 Å². The molecule has 20 heavy (non-hydrogen) atoms. The highest BCUT2D eigenvalue weighted by atomic mass is 15.1. The van der Waals surface area contributed by atoms with E-state index in [1.807, 2.05) is 0 Å². The van der Waals surface area contributed by atoms with Gasteiger partial charge in [0.15, 0.2) is 0 Å². The minimum Gasteiger partial charge on any atom is -0.316 e. The first-order chi connectivity index (χ1) is 9.68. The third-order valence-electron chi connectivity index (χ3n) is 4.66. The lowest BCUT2D eigenvalue weighted by molar-refractivity contribution is 0.137. The van der Waals surface area contributed by atoms with Crippen molar-refractivity contribution in [3.8, 4) is 0 Å². The molecular formula is C18H30N2. The van der Waals surface area contributed by atoms with E-state index in [0.717, 1.165) is 6.54 Å². The van der Waals surface area contributed by atoms with Gasteiger partial charge >= 0.3 is 0 Å². The van der Waals surface area contributed by atoms with Crippen LogP contribution in [0.4, 0.5) is 0 Å². The second-order valence-electron chi connectivity index (χ2n) is 6.73. The van der Waals surface area contributed by atoms with E-state index >= 15 is 0 Å². The molecule has 2 heteroatoms. The van der Waals surface area contributed by atoms with Crippen LogP contribution in [0.5, 0.6) is 0 Å². The summed E-state index contributed by atoms with van der Waals surface area (Å²) in [6.07, 6.45) is 6.45. The van der Waals surface area contributed by atoms with Crippen LogP contribution in [-0.2, 0) is 6.42 Å². The molecule has 0 spiro atoms. The van der Waals surface area contributed by atoms with Crippen molar-refractivity contribution in [2.75, 3.05) is 33.2 Å². The van der Waals surface area contributed by atoms with Crippen molar-refractivity contribution < 1.29 is 0 Å². The molecule has 1 aliphatic rings. The predicted octanol–water partition coefficient (Wildman–Crippen LogP) is 3.33. The molecule has 1 saturated heterocycles. The largest absolute Gasteiger partial charge is 0.316 e. The molecule has 1 aromatic rings. The van der Waals surface area contributed by atoms with Gasteiger partial charge < -0.3 is 10.2 Å². The third kappa shape index (κ3) is 5.26. The zero-order valence-electron chi connectivity index (χ0n) is 13.2. The van der Waals surface area contributed by atoms with Gasteiger partial charge in [-0.05, 0) is 69.8 Å². The van der Waals surface area contributed by atoms with Crippen LogP contribution < -0.4 is 5.32 Å². The Morgan fingerprint density at radius 3 is 2.50 bits per heavy atom. The smallest absolute Gasteiger partial charge is 0.000612 e. The van der Waals surface area contributed by atoms with Crippen molar-refractivity contribution >= 4 is 0 Å². The summed E-state index contributed by atoms with van der Waals surface area (Å²) in [4.78, 5) is 2.45. The number of hydrogen-bond donors (Lipinski definition) is 1. The fourth-order valence-corrected chi connectivity index (χ4v) is 2.95. The van der Waals surface area contributed by atoms with Crippen LogP contribution in [0.25, 0.3) is 0 Å². The molecule has 1 heterocycles. The van der Waals surface area contributed by atoms with Crippen LogP contribution in [0.15, 0.2) is 30.3 Å². The quantitative estimate of drug-likeness (QED) is 0.767. The van der Waals surface area contributed by atoms with Gasteiger partial charge in [0.05, 0.1) is 0 Å². The Bertz CT molecular complexity index is 366. The molecule has 0 aromatic heterocycles. The van der Waals surface area contributed by atoms with Crippen molar-refractivity contribution in [2.24, 2.45) is 5.41 Å². The minimum absolute atomic E-state index is 0.520. The molecule has 0 radical (unpaired) electrons. The third-order valence-corrected chi connectivity index (χ3v) is 4.66. The SMILES string of the molecule is CN1CCC(C)(CNCCCCc2ccccc2)CC1. The summed E-state index contributed by atoms with van der Waals surface area (Å²) in [6, 6.07) is 10.8. The molecular weight excluding hydrogens is 244 g/mol. The average molecular weight is 274 g/mol. The number of unbranched alkanes of at least 4 members (excludes halogenated alkanes) is 1. The Hall–Kier alpha value is -0.860. The van der Waals surface area contributed by atoms with Crippen LogP contribution in [0.2, 0.25) is 0 Å². The number of likely N-dealkylation sites (tertiary alicyclic amines) is 1. The number of benzene rings is 1. The van der Waals surface area contributed by atoms with E-state index in [1.165, 1.54) is 57.3 Å². The standard InChI is InChI=1S/C18H30N2/c1-18(11-14-20(2)15-12-18)16-19-13-7-6-10-17-8-4-3-5-9-17/h3-5,8-9,19H,6-7,10-16H2,1-2H3. The summed E-state index contributed by atoms with van der Waals surface area (Å²) in [5.41, 5.74) is 1.99. The number of rotatable bonds is 7. The molecule has 1 aromatic carbocycles. The summed E-state index contributed by atoms with van der Waals surface area (Å²) < 4.78 is 0. The first kappa shape index (κ1) is 15.5. The highest BCUT2D eigenvalue weighted by molar-refractivity contribution is 5.14. The number of nitrogens with one attached hydrogen (secondary N) is 1. The summed E-state index contributed by atoms with van der Waals surface area (Å²) in [5, 5.41) is 3.68. The van der Waals surface area contributed by atoms with Crippen molar-refractivity contribution in [1.82, 2.24) is 10.2 Å². The van der Waals surface area contributed by atoms with Crippen molar-refractivity contribution in [2.45, 2.75) is 39.0 Å².